The van der Waals surface area contributed by atoms with Crippen LogP contribution in [0.4, 0.5) is 0 Å². The molecule has 2 heterocycles. The van der Waals surface area contributed by atoms with Gasteiger partial charge in [0.05, 0.1) is 27.7 Å². The molecule has 0 saturated carbocycles. The predicted molar refractivity (Wildman–Crippen MR) is 192 cm³/mol. The molecule has 2 aliphatic heterocycles. The van der Waals surface area contributed by atoms with Gasteiger partial charge in [-0.1, -0.05) is 109 Å². The van der Waals surface area contributed by atoms with Crippen molar-refractivity contribution >= 4 is 35.4 Å². The van der Waals surface area contributed by atoms with Gasteiger partial charge in [0, 0.05) is 24.0 Å². The van der Waals surface area contributed by atoms with Crippen LogP contribution in [-0.4, -0.2) is 35.4 Å². The lowest BCUT2D eigenvalue weighted by Crippen LogP contribution is -2.28. The Bertz CT molecular complexity index is 2430. The van der Waals surface area contributed by atoms with Crippen molar-refractivity contribution in [3.63, 3.8) is 0 Å². The quantitative estimate of drug-likeness (QED) is 0.0910. The van der Waals surface area contributed by atoms with Crippen molar-refractivity contribution in [2.45, 2.75) is 18.3 Å². The lowest BCUT2D eigenvalue weighted by molar-refractivity contribution is 0.0425. The van der Waals surface area contributed by atoms with Crippen LogP contribution in [0, 0.1) is 0 Å². The molecule has 1 aliphatic carbocycles. The van der Waals surface area contributed by atoms with Gasteiger partial charge in [-0.15, -0.1) is 0 Å². The van der Waals surface area contributed by atoms with Crippen LogP contribution in [0.1, 0.15) is 95.5 Å². The molecule has 0 N–H and O–H groups in total. The van der Waals surface area contributed by atoms with Crippen LogP contribution in [0.5, 0.6) is 0 Å². The van der Waals surface area contributed by atoms with Gasteiger partial charge in [-0.3, -0.25) is 9.59 Å². The van der Waals surface area contributed by atoms with Crippen LogP contribution >= 0.6 is 0 Å². The highest BCUT2D eigenvalue weighted by atomic mass is 16.6. The number of hydrogen-bond donors (Lipinski definition) is 0. The monoisotopic (exact) mass is 694 g/mol. The van der Waals surface area contributed by atoms with Crippen molar-refractivity contribution in [1.29, 1.82) is 0 Å². The lowest BCUT2D eigenvalue weighted by Gasteiger charge is -2.34. The van der Waals surface area contributed by atoms with Crippen molar-refractivity contribution in [2.24, 2.45) is 0 Å². The number of benzene rings is 6. The first-order chi connectivity index (χ1) is 25.7. The summed E-state index contributed by atoms with van der Waals surface area (Å²) in [5, 5.41) is 0. The highest BCUT2D eigenvalue weighted by molar-refractivity contribution is 6.15. The summed E-state index contributed by atoms with van der Waals surface area (Å²) in [4.78, 5) is 74.9. The second-order valence-corrected chi connectivity index (χ2v) is 13.3. The molecule has 0 saturated heterocycles. The molecule has 9 rings (SSSR count). The van der Waals surface area contributed by atoms with Crippen LogP contribution in [0.25, 0.3) is 11.1 Å². The second kappa shape index (κ2) is 12.0. The number of carbonyl (C=O) groups excluding carboxylic acids is 6. The van der Waals surface area contributed by atoms with Gasteiger partial charge in [-0.2, -0.15) is 0 Å². The lowest BCUT2D eigenvalue weighted by atomic mass is 9.67. The summed E-state index contributed by atoms with van der Waals surface area (Å²) >= 11 is 0. The third-order valence-electron chi connectivity index (χ3n) is 10.4. The Morgan fingerprint density at radius 1 is 0.415 bits per heavy atom. The number of rotatable bonds is 8. The number of esters is 4. The second-order valence-electron chi connectivity index (χ2n) is 13.3. The molecular formula is C45H26O8. The zero-order valence-electron chi connectivity index (χ0n) is 27.9. The van der Waals surface area contributed by atoms with Gasteiger partial charge in [-0.05, 0) is 68.8 Å². The third kappa shape index (κ3) is 4.98. The normalized spacial score (nSPS) is 14.6. The fourth-order valence-electron chi connectivity index (χ4n) is 7.90. The molecule has 0 radical (unpaired) electrons. The Kier molecular flexibility index (Phi) is 7.24. The molecule has 3 aliphatic rings. The first kappa shape index (κ1) is 31.9. The minimum atomic E-state index is -0.768. The van der Waals surface area contributed by atoms with Crippen LogP contribution in [0.2, 0.25) is 0 Å². The number of cyclic esters (lactones) is 4. The Morgan fingerprint density at radius 3 is 1.21 bits per heavy atom. The summed E-state index contributed by atoms with van der Waals surface area (Å²) < 4.78 is 9.39. The molecule has 0 bridgehead atoms. The number of hydrogen-bond acceptors (Lipinski definition) is 8. The largest absolute Gasteiger partial charge is 0.386 e. The van der Waals surface area contributed by atoms with Crippen molar-refractivity contribution < 1.29 is 38.2 Å². The summed E-state index contributed by atoms with van der Waals surface area (Å²) in [6, 6.07) is 41.0. The molecular weight excluding hydrogens is 668 g/mol. The molecule has 0 aromatic heterocycles. The fourth-order valence-corrected chi connectivity index (χ4v) is 7.90. The average Bonchev–Trinajstić information content (AvgIpc) is 3.76. The molecule has 0 fully saturated rings. The average molecular weight is 695 g/mol. The number of ether oxygens (including phenoxy) is 2. The van der Waals surface area contributed by atoms with Crippen molar-refractivity contribution in [3.8, 4) is 11.1 Å². The van der Waals surface area contributed by atoms with Gasteiger partial charge in [-0.25, -0.2) is 19.2 Å². The topological polar surface area (TPSA) is 121 Å². The van der Waals surface area contributed by atoms with Crippen LogP contribution in [-0.2, 0) is 27.7 Å². The summed E-state index contributed by atoms with van der Waals surface area (Å²) in [5.74, 6) is -3.10. The molecule has 0 spiro atoms. The van der Waals surface area contributed by atoms with E-state index in [1.807, 2.05) is 72.8 Å². The summed E-state index contributed by atoms with van der Waals surface area (Å²) in [5.41, 5.74) is 8.32. The van der Waals surface area contributed by atoms with E-state index in [9.17, 15) is 28.8 Å². The molecule has 0 atom stereocenters. The standard InChI is InChI=1S/C45H26O8/c46-39(23-25-9-19-33-35(21-25)43(50)52-41(33)48)27-11-15-29(16-12-27)45(37-7-3-1-5-31(37)32-6-2-4-8-38(32)45)30-17-13-28(14-18-30)40(47)24-26-10-20-34-36(22-26)44(51)53-42(34)49/h1-22H,23-24H2. The SMILES string of the molecule is O=C(Cc1ccc2c(c1)C(=O)OC2=O)c1ccc(C2(c3ccc(C(=O)Cc4ccc5c(c4)C(=O)OC5=O)cc3)c3ccccc3-c3ccccc32)cc1. The number of Topliss-reactive ketones (excluding diaryl/α,β-unsaturated/α-hetero) is 2. The molecule has 8 nitrogen and oxygen atoms in total. The van der Waals surface area contributed by atoms with E-state index in [-0.39, 0.29) is 46.7 Å². The molecule has 254 valence electrons. The van der Waals surface area contributed by atoms with Gasteiger partial charge in [0.2, 0.25) is 0 Å². The smallest absolute Gasteiger partial charge is 0.346 e. The van der Waals surface area contributed by atoms with E-state index in [2.05, 4.69) is 24.3 Å². The third-order valence-corrected chi connectivity index (χ3v) is 10.4. The van der Waals surface area contributed by atoms with Crippen molar-refractivity contribution in [1.82, 2.24) is 0 Å². The number of carbonyl (C=O) groups is 6. The Labute approximate surface area is 302 Å². The maximum atomic E-state index is 13.5. The molecule has 6 aromatic carbocycles. The van der Waals surface area contributed by atoms with Gasteiger partial charge >= 0.3 is 23.9 Å². The van der Waals surface area contributed by atoms with E-state index in [0.29, 0.717) is 22.3 Å². The number of fused-ring (bicyclic) bond motifs is 5. The van der Waals surface area contributed by atoms with Gasteiger partial charge in [0.15, 0.2) is 11.6 Å². The molecule has 8 heteroatoms. The first-order valence-corrected chi connectivity index (χ1v) is 17.0. The van der Waals surface area contributed by atoms with Crippen LogP contribution in [0.15, 0.2) is 133 Å². The van der Waals surface area contributed by atoms with Gasteiger partial charge in [0.1, 0.15) is 0 Å². The number of ketones is 2. The zero-order valence-corrected chi connectivity index (χ0v) is 27.9. The fraction of sp³-hybridized carbons (Fsp3) is 0.0667. The van der Waals surface area contributed by atoms with E-state index in [4.69, 9.17) is 9.47 Å². The van der Waals surface area contributed by atoms with E-state index in [0.717, 1.165) is 33.4 Å². The summed E-state index contributed by atoms with van der Waals surface area (Å²) in [7, 11) is 0. The van der Waals surface area contributed by atoms with E-state index in [1.165, 1.54) is 24.3 Å². The van der Waals surface area contributed by atoms with Crippen LogP contribution < -0.4 is 0 Å². The van der Waals surface area contributed by atoms with Gasteiger partial charge in [0.25, 0.3) is 0 Å². The van der Waals surface area contributed by atoms with Crippen LogP contribution in [0.3, 0.4) is 0 Å². The summed E-state index contributed by atoms with van der Waals surface area (Å²) in [6.45, 7) is 0. The Hall–Kier alpha value is -7.06. The molecule has 0 unspecified atom stereocenters. The Morgan fingerprint density at radius 2 is 0.792 bits per heavy atom. The maximum Gasteiger partial charge on any atom is 0.346 e. The molecule has 53 heavy (non-hydrogen) atoms. The minimum Gasteiger partial charge on any atom is -0.386 e. The Balaban J connectivity index is 1.06. The van der Waals surface area contributed by atoms with E-state index < -0.39 is 29.3 Å². The summed E-state index contributed by atoms with van der Waals surface area (Å²) in [6.07, 6.45) is 0.0716. The van der Waals surface area contributed by atoms with E-state index >= 15 is 0 Å². The highest BCUT2D eigenvalue weighted by Gasteiger charge is 2.46. The van der Waals surface area contributed by atoms with Crippen molar-refractivity contribution in [2.75, 3.05) is 0 Å². The maximum absolute atomic E-state index is 13.5. The zero-order chi connectivity index (χ0) is 36.4. The first-order valence-electron chi connectivity index (χ1n) is 17.0. The molecule has 6 aromatic rings. The van der Waals surface area contributed by atoms with Gasteiger partial charge < -0.3 is 9.47 Å². The van der Waals surface area contributed by atoms with Crippen molar-refractivity contribution in [3.05, 3.63) is 200 Å². The minimum absolute atomic E-state index is 0.0358. The predicted octanol–water partition coefficient (Wildman–Crippen LogP) is 7.52. The highest BCUT2D eigenvalue weighted by Crippen LogP contribution is 2.56. The van der Waals surface area contributed by atoms with E-state index in [1.54, 1.807) is 12.1 Å². The molecule has 0 amide bonds.